The average molecular weight is 196 g/mol. The predicted molar refractivity (Wildman–Crippen MR) is 61.2 cm³/mol. The van der Waals surface area contributed by atoms with Crippen LogP contribution in [-0.4, -0.2) is 11.5 Å². The van der Waals surface area contributed by atoms with E-state index in [1.807, 2.05) is 11.8 Å². The lowest BCUT2D eigenvalue weighted by Gasteiger charge is -2.41. The molecule has 0 aliphatic heterocycles. The molecule has 0 spiro atoms. The number of fused-ring (bicyclic) bond motifs is 1. The molecule has 0 N–H and O–H groups in total. The highest BCUT2D eigenvalue weighted by Crippen LogP contribution is 2.48. The van der Waals surface area contributed by atoms with Crippen LogP contribution in [0.1, 0.15) is 45.4 Å². The van der Waals surface area contributed by atoms with Gasteiger partial charge in [-0.25, -0.2) is 0 Å². The number of hydrogen-bond acceptors (Lipinski definition) is 1. The number of allylic oxidation sites excluding steroid dienone is 1. The Labute approximate surface area is 86.2 Å². The second-order valence-corrected chi connectivity index (χ2v) is 5.85. The minimum atomic E-state index is 0.602. The second-order valence-electron chi connectivity index (χ2n) is 4.77. The van der Waals surface area contributed by atoms with Crippen LogP contribution in [-0.2, 0) is 0 Å². The fraction of sp³-hybridized carbons (Fsp3) is 0.833. The van der Waals surface area contributed by atoms with Crippen molar-refractivity contribution in [3.05, 3.63) is 11.6 Å². The third-order valence-electron chi connectivity index (χ3n) is 3.87. The molecule has 0 saturated heterocycles. The molecule has 0 aromatic rings. The Hall–Kier alpha value is 0.0900. The van der Waals surface area contributed by atoms with E-state index in [1.54, 1.807) is 5.57 Å². The van der Waals surface area contributed by atoms with Gasteiger partial charge >= 0.3 is 0 Å². The van der Waals surface area contributed by atoms with E-state index in [0.29, 0.717) is 5.41 Å². The Kier molecular flexibility index (Phi) is 2.73. The lowest BCUT2D eigenvalue weighted by atomic mass is 9.66. The van der Waals surface area contributed by atoms with Crippen molar-refractivity contribution in [2.24, 2.45) is 5.41 Å². The Morgan fingerprint density at radius 2 is 2.23 bits per heavy atom. The van der Waals surface area contributed by atoms with Crippen LogP contribution in [0.3, 0.4) is 0 Å². The first-order chi connectivity index (χ1) is 6.24. The van der Waals surface area contributed by atoms with Gasteiger partial charge in [-0.05, 0) is 43.8 Å². The molecule has 2 aliphatic carbocycles. The quantitative estimate of drug-likeness (QED) is 0.571. The third kappa shape index (κ3) is 1.81. The topological polar surface area (TPSA) is 0 Å². The molecule has 0 nitrogen and oxygen atoms in total. The minimum absolute atomic E-state index is 0.602. The zero-order valence-electron chi connectivity index (χ0n) is 8.81. The standard InChI is InChI=1S/C12H20S/c1-12-7-4-3-5-10(12)9-11(13-2)6-8-12/h9,11H,3-8H2,1-2H3/t11-,12?/m0/s1. The molecule has 0 aromatic carbocycles. The normalized spacial score (nSPS) is 39.5. The summed E-state index contributed by atoms with van der Waals surface area (Å²) < 4.78 is 0. The van der Waals surface area contributed by atoms with Crippen LogP contribution in [0.4, 0.5) is 0 Å². The maximum absolute atomic E-state index is 2.58. The molecule has 74 valence electrons. The molecule has 0 bridgehead atoms. The molecular formula is C12H20S. The van der Waals surface area contributed by atoms with E-state index in [2.05, 4.69) is 19.3 Å². The van der Waals surface area contributed by atoms with Crippen molar-refractivity contribution in [3.63, 3.8) is 0 Å². The lowest BCUT2D eigenvalue weighted by Crippen LogP contribution is -2.28. The van der Waals surface area contributed by atoms with Crippen LogP contribution in [0.5, 0.6) is 0 Å². The van der Waals surface area contributed by atoms with E-state index in [1.165, 1.54) is 38.5 Å². The van der Waals surface area contributed by atoms with Crippen LogP contribution in [0.2, 0.25) is 0 Å². The van der Waals surface area contributed by atoms with Crippen LogP contribution in [0, 0.1) is 5.41 Å². The molecule has 1 unspecified atom stereocenters. The summed E-state index contributed by atoms with van der Waals surface area (Å²) in [7, 11) is 0. The van der Waals surface area contributed by atoms with Crippen molar-refractivity contribution in [2.45, 2.75) is 50.7 Å². The molecule has 2 rings (SSSR count). The minimum Gasteiger partial charge on any atom is -0.158 e. The summed E-state index contributed by atoms with van der Waals surface area (Å²) in [5, 5.41) is 0.821. The van der Waals surface area contributed by atoms with E-state index in [4.69, 9.17) is 0 Å². The van der Waals surface area contributed by atoms with Gasteiger partial charge in [-0.15, -0.1) is 0 Å². The maximum atomic E-state index is 2.58. The first kappa shape index (κ1) is 9.64. The summed E-state index contributed by atoms with van der Waals surface area (Å²) in [4.78, 5) is 0. The van der Waals surface area contributed by atoms with Crippen LogP contribution < -0.4 is 0 Å². The van der Waals surface area contributed by atoms with Gasteiger partial charge in [0, 0.05) is 5.25 Å². The number of hydrogen-bond donors (Lipinski definition) is 0. The summed E-state index contributed by atoms with van der Waals surface area (Å²) in [6.45, 7) is 2.48. The number of rotatable bonds is 1. The summed E-state index contributed by atoms with van der Waals surface area (Å²) in [6, 6.07) is 0. The zero-order chi connectivity index (χ0) is 9.31. The SMILES string of the molecule is CS[C@@H]1C=C2CCCCC2(C)CC1. The van der Waals surface area contributed by atoms with Gasteiger partial charge in [0.15, 0.2) is 0 Å². The van der Waals surface area contributed by atoms with Gasteiger partial charge in [0.25, 0.3) is 0 Å². The molecule has 13 heavy (non-hydrogen) atoms. The van der Waals surface area contributed by atoms with Gasteiger partial charge < -0.3 is 0 Å². The molecule has 0 aromatic heterocycles. The molecule has 1 saturated carbocycles. The second kappa shape index (κ2) is 3.68. The molecule has 0 heterocycles. The van der Waals surface area contributed by atoms with E-state index >= 15 is 0 Å². The molecule has 2 aliphatic rings. The first-order valence-electron chi connectivity index (χ1n) is 5.48. The molecule has 0 radical (unpaired) electrons. The zero-order valence-corrected chi connectivity index (χ0v) is 9.62. The van der Waals surface area contributed by atoms with Gasteiger partial charge in [0.1, 0.15) is 0 Å². The Bertz CT molecular complexity index is 219. The molecule has 0 amide bonds. The predicted octanol–water partition coefficient (Wildman–Crippen LogP) is 4.02. The Balaban J connectivity index is 2.18. The smallest absolute Gasteiger partial charge is 0.0227 e. The number of thioether (sulfide) groups is 1. The Morgan fingerprint density at radius 1 is 1.38 bits per heavy atom. The van der Waals surface area contributed by atoms with Crippen LogP contribution in [0.15, 0.2) is 11.6 Å². The van der Waals surface area contributed by atoms with Crippen molar-refractivity contribution in [2.75, 3.05) is 6.26 Å². The lowest BCUT2D eigenvalue weighted by molar-refractivity contribution is 0.264. The van der Waals surface area contributed by atoms with Crippen LogP contribution >= 0.6 is 11.8 Å². The first-order valence-corrected chi connectivity index (χ1v) is 6.77. The van der Waals surface area contributed by atoms with Crippen molar-refractivity contribution < 1.29 is 0 Å². The van der Waals surface area contributed by atoms with Gasteiger partial charge in [-0.3, -0.25) is 0 Å². The molecule has 2 atom stereocenters. The summed E-state index contributed by atoms with van der Waals surface area (Å²) in [5.74, 6) is 0. The van der Waals surface area contributed by atoms with Crippen LogP contribution in [0.25, 0.3) is 0 Å². The van der Waals surface area contributed by atoms with Gasteiger partial charge in [-0.1, -0.05) is 25.0 Å². The van der Waals surface area contributed by atoms with Crippen molar-refractivity contribution in [3.8, 4) is 0 Å². The maximum Gasteiger partial charge on any atom is 0.0227 e. The van der Waals surface area contributed by atoms with Crippen molar-refractivity contribution in [1.29, 1.82) is 0 Å². The van der Waals surface area contributed by atoms with E-state index in [9.17, 15) is 0 Å². The third-order valence-corrected chi connectivity index (χ3v) is 4.85. The highest BCUT2D eigenvalue weighted by Gasteiger charge is 2.34. The van der Waals surface area contributed by atoms with Gasteiger partial charge in [0.2, 0.25) is 0 Å². The molecule has 1 fully saturated rings. The largest absolute Gasteiger partial charge is 0.158 e. The fourth-order valence-corrected chi connectivity index (χ4v) is 3.47. The van der Waals surface area contributed by atoms with Crippen molar-refractivity contribution >= 4 is 11.8 Å². The van der Waals surface area contributed by atoms with Gasteiger partial charge in [0.05, 0.1) is 0 Å². The summed E-state index contributed by atoms with van der Waals surface area (Å²) >= 11 is 2.02. The van der Waals surface area contributed by atoms with Crippen molar-refractivity contribution in [1.82, 2.24) is 0 Å². The molecular weight excluding hydrogens is 176 g/mol. The summed E-state index contributed by atoms with van der Waals surface area (Å²) in [6.07, 6.45) is 13.4. The highest BCUT2D eigenvalue weighted by atomic mass is 32.2. The Morgan fingerprint density at radius 3 is 3.00 bits per heavy atom. The van der Waals surface area contributed by atoms with E-state index in [0.717, 1.165) is 5.25 Å². The summed E-state index contributed by atoms with van der Waals surface area (Å²) in [5.41, 5.74) is 2.38. The van der Waals surface area contributed by atoms with Gasteiger partial charge in [-0.2, -0.15) is 11.8 Å². The fourth-order valence-electron chi connectivity index (χ4n) is 2.82. The average Bonchev–Trinajstić information content (AvgIpc) is 2.16. The van der Waals surface area contributed by atoms with E-state index in [-0.39, 0.29) is 0 Å². The van der Waals surface area contributed by atoms with E-state index < -0.39 is 0 Å². The molecule has 1 heteroatoms. The highest BCUT2D eigenvalue weighted by molar-refractivity contribution is 7.99. The monoisotopic (exact) mass is 196 g/mol.